The SMILES string of the molecule is O=C(O)c1cccc(-c2ccccc2Br)c1Br. The van der Waals surface area contributed by atoms with Gasteiger partial charge in [-0.2, -0.15) is 0 Å². The molecule has 0 spiro atoms. The molecule has 1 N–H and O–H groups in total. The molecule has 2 aromatic carbocycles. The molecular formula is C13H8Br2O2. The van der Waals surface area contributed by atoms with Crippen LogP contribution in [0.15, 0.2) is 51.4 Å². The number of carboxylic acids is 1. The summed E-state index contributed by atoms with van der Waals surface area (Å²) in [4.78, 5) is 11.0. The molecular weight excluding hydrogens is 348 g/mol. The van der Waals surface area contributed by atoms with E-state index in [0.717, 1.165) is 15.6 Å². The number of hydrogen-bond donors (Lipinski definition) is 1. The molecule has 0 unspecified atom stereocenters. The van der Waals surface area contributed by atoms with Gasteiger partial charge in [0, 0.05) is 8.95 Å². The zero-order chi connectivity index (χ0) is 12.4. The Morgan fingerprint density at radius 2 is 1.59 bits per heavy atom. The van der Waals surface area contributed by atoms with Gasteiger partial charge in [0.25, 0.3) is 0 Å². The molecule has 0 heterocycles. The summed E-state index contributed by atoms with van der Waals surface area (Å²) >= 11 is 6.81. The Hall–Kier alpha value is -1.13. The van der Waals surface area contributed by atoms with Crippen molar-refractivity contribution in [1.82, 2.24) is 0 Å². The maximum absolute atomic E-state index is 11.0. The second kappa shape index (κ2) is 5.02. The molecule has 4 heteroatoms. The lowest BCUT2D eigenvalue weighted by atomic mass is 10.0. The number of rotatable bonds is 2. The second-order valence-corrected chi connectivity index (χ2v) is 5.10. The molecule has 0 aromatic heterocycles. The normalized spacial score (nSPS) is 10.2. The number of carbonyl (C=O) groups is 1. The van der Waals surface area contributed by atoms with Crippen molar-refractivity contribution in [3.05, 3.63) is 57.0 Å². The smallest absolute Gasteiger partial charge is 0.336 e. The molecule has 0 atom stereocenters. The summed E-state index contributed by atoms with van der Waals surface area (Å²) in [7, 11) is 0. The van der Waals surface area contributed by atoms with Crippen LogP contribution in [-0.2, 0) is 0 Å². The van der Waals surface area contributed by atoms with E-state index in [0.29, 0.717) is 4.47 Å². The monoisotopic (exact) mass is 354 g/mol. The van der Waals surface area contributed by atoms with Crippen LogP contribution in [0.25, 0.3) is 11.1 Å². The van der Waals surface area contributed by atoms with Crippen molar-refractivity contribution < 1.29 is 9.90 Å². The summed E-state index contributed by atoms with van der Waals surface area (Å²) < 4.78 is 1.53. The minimum Gasteiger partial charge on any atom is -0.478 e. The lowest BCUT2D eigenvalue weighted by Gasteiger charge is -2.09. The van der Waals surface area contributed by atoms with Crippen LogP contribution in [0.2, 0.25) is 0 Å². The predicted molar refractivity (Wildman–Crippen MR) is 74.2 cm³/mol. The van der Waals surface area contributed by atoms with Gasteiger partial charge in [0.1, 0.15) is 0 Å². The zero-order valence-electron chi connectivity index (χ0n) is 8.65. The first kappa shape index (κ1) is 12.3. The van der Waals surface area contributed by atoms with Gasteiger partial charge in [-0.3, -0.25) is 0 Å². The highest BCUT2D eigenvalue weighted by Crippen LogP contribution is 2.35. The fraction of sp³-hybridized carbons (Fsp3) is 0. The molecule has 2 aromatic rings. The number of carboxylic acid groups (broad SMARTS) is 1. The lowest BCUT2D eigenvalue weighted by Crippen LogP contribution is -1.98. The van der Waals surface area contributed by atoms with Gasteiger partial charge < -0.3 is 5.11 Å². The van der Waals surface area contributed by atoms with Gasteiger partial charge in [0.2, 0.25) is 0 Å². The van der Waals surface area contributed by atoms with E-state index in [1.54, 1.807) is 12.1 Å². The first-order chi connectivity index (χ1) is 8.11. The fourth-order valence-corrected chi connectivity index (χ4v) is 2.73. The van der Waals surface area contributed by atoms with Gasteiger partial charge in [0.15, 0.2) is 0 Å². The quantitative estimate of drug-likeness (QED) is 0.856. The fourth-order valence-electron chi connectivity index (χ4n) is 1.58. The standard InChI is InChI=1S/C13H8Br2O2/c14-11-7-2-1-4-8(11)9-5-3-6-10(12(9)15)13(16)17/h1-7H,(H,16,17). The molecule has 0 bridgehead atoms. The third kappa shape index (κ3) is 2.42. The van der Waals surface area contributed by atoms with Crippen molar-refractivity contribution in [1.29, 1.82) is 0 Å². The van der Waals surface area contributed by atoms with E-state index in [2.05, 4.69) is 31.9 Å². The van der Waals surface area contributed by atoms with Crippen LogP contribution in [-0.4, -0.2) is 11.1 Å². The van der Waals surface area contributed by atoms with E-state index in [1.807, 2.05) is 30.3 Å². The largest absolute Gasteiger partial charge is 0.478 e. The van der Waals surface area contributed by atoms with Gasteiger partial charge in [-0.25, -0.2) is 4.79 Å². The summed E-state index contributed by atoms with van der Waals surface area (Å²) in [6.07, 6.45) is 0. The van der Waals surface area contributed by atoms with Crippen molar-refractivity contribution in [2.75, 3.05) is 0 Å². The van der Waals surface area contributed by atoms with Crippen LogP contribution in [0.1, 0.15) is 10.4 Å². The third-order valence-corrected chi connectivity index (χ3v) is 3.94. The summed E-state index contributed by atoms with van der Waals surface area (Å²) in [5, 5.41) is 9.06. The maximum atomic E-state index is 11.0. The Labute approximate surface area is 116 Å². The van der Waals surface area contributed by atoms with Crippen LogP contribution < -0.4 is 0 Å². The molecule has 0 amide bonds. The second-order valence-electron chi connectivity index (χ2n) is 3.45. The van der Waals surface area contributed by atoms with Crippen LogP contribution in [0, 0.1) is 0 Å². The Morgan fingerprint density at radius 1 is 0.941 bits per heavy atom. The van der Waals surface area contributed by atoms with E-state index >= 15 is 0 Å². The highest BCUT2D eigenvalue weighted by molar-refractivity contribution is 9.11. The molecule has 2 rings (SSSR count). The number of aromatic carboxylic acids is 1. The van der Waals surface area contributed by atoms with E-state index < -0.39 is 5.97 Å². The Balaban J connectivity index is 2.65. The first-order valence-corrected chi connectivity index (χ1v) is 6.46. The van der Waals surface area contributed by atoms with Crippen molar-refractivity contribution >= 4 is 37.8 Å². The zero-order valence-corrected chi connectivity index (χ0v) is 11.8. The molecule has 17 heavy (non-hydrogen) atoms. The minimum absolute atomic E-state index is 0.262. The van der Waals surface area contributed by atoms with Gasteiger partial charge >= 0.3 is 5.97 Å². The summed E-state index contributed by atoms with van der Waals surface area (Å²) in [6, 6.07) is 12.9. The van der Waals surface area contributed by atoms with Crippen molar-refractivity contribution in [2.24, 2.45) is 0 Å². The molecule has 86 valence electrons. The van der Waals surface area contributed by atoms with Gasteiger partial charge in [-0.05, 0) is 39.2 Å². The van der Waals surface area contributed by atoms with E-state index in [4.69, 9.17) is 5.11 Å². The molecule has 0 aliphatic rings. The number of hydrogen-bond acceptors (Lipinski definition) is 1. The topological polar surface area (TPSA) is 37.3 Å². The molecule has 0 saturated heterocycles. The Bertz CT molecular complexity index is 579. The molecule has 0 fully saturated rings. The third-order valence-electron chi connectivity index (χ3n) is 2.39. The molecule has 0 radical (unpaired) electrons. The highest BCUT2D eigenvalue weighted by Gasteiger charge is 2.13. The summed E-state index contributed by atoms with van der Waals surface area (Å²) in [5.74, 6) is -0.939. The van der Waals surface area contributed by atoms with Gasteiger partial charge in [-0.1, -0.05) is 46.3 Å². The van der Waals surface area contributed by atoms with Crippen LogP contribution in [0.5, 0.6) is 0 Å². The molecule has 2 nitrogen and oxygen atoms in total. The number of halogens is 2. The van der Waals surface area contributed by atoms with Crippen molar-refractivity contribution in [3.63, 3.8) is 0 Å². The average molecular weight is 356 g/mol. The van der Waals surface area contributed by atoms with Gasteiger partial charge in [-0.15, -0.1) is 0 Å². The number of benzene rings is 2. The Morgan fingerprint density at radius 3 is 2.24 bits per heavy atom. The van der Waals surface area contributed by atoms with Crippen molar-refractivity contribution in [2.45, 2.75) is 0 Å². The molecule has 0 saturated carbocycles. The van der Waals surface area contributed by atoms with Gasteiger partial charge in [0.05, 0.1) is 5.56 Å². The van der Waals surface area contributed by atoms with Crippen molar-refractivity contribution in [3.8, 4) is 11.1 Å². The van der Waals surface area contributed by atoms with Crippen LogP contribution in [0.3, 0.4) is 0 Å². The van der Waals surface area contributed by atoms with E-state index in [1.165, 1.54) is 0 Å². The predicted octanol–water partition coefficient (Wildman–Crippen LogP) is 4.58. The lowest BCUT2D eigenvalue weighted by molar-refractivity contribution is 0.0696. The first-order valence-electron chi connectivity index (χ1n) is 4.88. The van der Waals surface area contributed by atoms with Crippen LogP contribution in [0.4, 0.5) is 0 Å². The van der Waals surface area contributed by atoms with E-state index in [9.17, 15) is 4.79 Å². The highest BCUT2D eigenvalue weighted by atomic mass is 79.9. The average Bonchev–Trinajstić information content (AvgIpc) is 2.30. The molecule has 0 aliphatic heterocycles. The van der Waals surface area contributed by atoms with Crippen LogP contribution >= 0.6 is 31.9 Å². The van der Waals surface area contributed by atoms with E-state index in [-0.39, 0.29) is 5.56 Å². The Kier molecular flexibility index (Phi) is 3.64. The maximum Gasteiger partial charge on any atom is 0.336 e. The summed E-state index contributed by atoms with van der Waals surface area (Å²) in [5.41, 5.74) is 2.08. The molecule has 0 aliphatic carbocycles. The minimum atomic E-state index is -0.939. The summed E-state index contributed by atoms with van der Waals surface area (Å²) in [6.45, 7) is 0.